The van der Waals surface area contributed by atoms with E-state index in [-0.39, 0.29) is 10.9 Å². The minimum atomic E-state index is -3.21. The van der Waals surface area contributed by atoms with Gasteiger partial charge < -0.3 is 10.1 Å². The van der Waals surface area contributed by atoms with Crippen LogP contribution >= 0.6 is 11.6 Å². The number of sulfone groups is 1. The lowest BCUT2D eigenvalue weighted by Gasteiger charge is -2.18. The van der Waals surface area contributed by atoms with Crippen LogP contribution in [0.1, 0.15) is 19.3 Å². The fourth-order valence-electron chi connectivity index (χ4n) is 2.11. The van der Waals surface area contributed by atoms with Crippen LogP contribution in [-0.4, -0.2) is 33.9 Å². The van der Waals surface area contributed by atoms with E-state index < -0.39 is 9.84 Å². The summed E-state index contributed by atoms with van der Waals surface area (Å²) in [5.74, 6) is 0. The third-order valence-electron chi connectivity index (χ3n) is 3.18. The summed E-state index contributed by atoms with van der Waals surface area (Å²) >= 11 is 6.12. The van der Waals surface area contributed by atoms with Crippen LogP contribution in [0.2, 0.25) is 5.02 Å². The van der Waals surface area contributed by atoms with E-state index >= 15 is 0 Å². The molecule has 0 amide bonds. The minimum absolute atomic E-state index is 0.273. The second kappa shape index (κ2) is 6.11. The molecule has 0 aromatic heterocycles. The van der Waals surface area contributed by atoms with Crippen LogP contribution in [0.25, 0.3) is 0 Å². The molecule has 1 unspecified atom stereocenters. The first-order chi connectivity index (χ1) is 8.97. The molecule has 0 saturated carbocycles. The smallest absolute Gasteiger partial charge is 0.175 e. The standard InChI is InChI=1S/C13H18ClNO3S/c1-19(16,17)11-4-5-12(14)13(9-11)15-10-3-2-7-18-8-6-10/h4-5,9-10,15H,2-3,6-8H2,1H3. The van der Waals surface area contributed by atoms with Gasteiger partial charge in [-0.1, -0.05) is 11.6 Å². The number of halogens is 1. The second-order valence-corrected chi connectivity index (χ2v) is 7.22. The van der Waals surface area contributed by atoms with E-state index in [0.717, 1.165) is 32.5 Å². The lowest BCUT2D eigenvalue weighted by atomic mass is 10.1. The molecule has 1 heterocycles. The van der Waals surface area contributed by atoms with Crippen LogP contribution in [0.5, 0.6) is 0 Å². The molecule has 1 atom stereocenters. The van der Waals surface area contributed by atoms with E-state index in [0.29, 0.717) is 10.7 Å². The van der Waals surface area contributed by atoms with E-state index in [9.17, 15) is 8.42 Å². The number of rotatable bonds is 3. The highest BCUT2D eigenvalue weighted by atomic mass is 35.5. The molecule has 1 aromatic rings. The van der Waals surface area contributed by atoms with Crippen molar-refractivity contribution in [2.75, 3.05) is 24.8 Å². The summed E-state index contributed by atoms with van der Waals surface area (Å²) in [5, 5.41) is 3.86. The third-order valence-corrected chi connectivity index (χ3v) is 4.62. The molecule has 1 aliphatic rings. The molecule has 1 aliphatic heterocycles. The van der Waals surface area contributed by atoms with Gasteiger partial charge in [0.1, 0.15) is 0 Å². The molecule has 0 bridgehead atoms. The van der Waals surface area contributed by atoms with Gasteiger partial charge in [-0.15, -0.1) is 0 Å². The minimum Gasteiger partial charge on any atom is -0.381 e. The maximum atomic E-state index is 11.6. The van der Waals surface area contributed by atoms with Crippen molar-refractivity contribution in [1.29, 1.82) is 0 Å². The Morgan fingerprint density at radius 3 is 2.84 bits per heavy atom. The number of hydrogen-bond acceptors (Lipinski definition) is 4. The fourth-order valence-corrected chi connectivity index (χ4v) is 2.93. The highest BCUT2D eigenvalue weighted by Crippen LogP contribution is 2.27. The van der Waals surface area contributed by atoms with Crippen molar-refractivity contribution in [1.82, 2.24) is 0 Å². The number of anilines is 1. The summed E-state index contributed by atoms with van der Waals surface area (Å²) in [4.78, 5) is 0.282. The van der Waals surface area contributed by atoms with E-state index in [4.69, 9.17) is 16.3 Å². The largest absolute Gasteiger partial charge is 0.381 e. The predicted molar refractivity (Wildman–Crippen MR) is 76.6 cm³/mol. The third kappa shape index (κ3) is 4.09. The average Bonchev–Trinajstić information content (AvgIpc) is 2.59. The summed E-state index contributed by atoms with van der Waals surface area (Å²) in [6.07, 6.45) is 4.10. The zero-order valence-corrected chi connectivity index (χ0v) is 12.4. The van der Waals surface area contributed by atoms with Gasteiger partial charge in [-0.3, -0.25) is 0 Å². The fraction of sp³-hybridized carbons (Fsp3) is 0.538. The van der Waals surface area contributed by atoms with Crippen molar-refractivity contribution in [3.05, 3.63) is 23.2 Å². The van der Waals surface area contributed by atoms with E-state index in [1.807, 2.05) is 0 Å². The molecular formula is C13H18ClNO3S. The van der Waals surface area contributed by atoms with E-state index in [2.05, 4.69) is 5.32 Å². The Kier molecular flexibility index (Phi) is 4.71. The molecule has 0 aliphatic carbocycles. The first-order valence-corrected chi connectivity index (χ1v) is 8.57. The first-order valence-electron chi connectivity index (χ1n) is 6.31. The monoisotopic (exact) mass is 303 g/mol. The molecule has 1 aromatic carbocycles. The summed E-state index contributed by atoms with van der Waals surface area (Å²) in [6, 6.07) is 5.02. The average molecular weight is 304 g/mol. The van der Waals surface area contributed by atoms with Crippen molar-refractivity contribution in [3.8, 4) is 0 Å². The van der Waals surface area contributed by atoms with Crippen LogP contribution in [-0.2, 0) is 14.6 Å². The first kappa shape index (κ1) is 14.6. The molecule has 2 rings (SSSR count). The molecular weight excluding hydrogens is 286 g/mol. The van der Waals surface area contributed by atoms with Crippen molar-refractivity contribution >= 4 is 27.1 Å². The Hall–Kier alpha value is -0.780. The lowest BCUT2D eigenvalue weighted by molar-refractivity contribution is 0.144. The maximum Gasteiger partial charge on any atom is 0.175 e. The van der Waals surface area contributed by atoms with Gasteiger partial charge >= 0.3 is 0 Å². The molecule has 1 N–H and O–H groups in total. The second-order valence-electron chi connectivity index (χ2n) is 4.80. The van der Waals surface area contributed by atoms with Crippen LogP contribution < -0.4 is 5.32 Å². The summed E-state index contributed by atoms with van der Waals surface area (Å²) < 4.78 is 28.5. The SMILES string of the molecule is CS(=O)(=O)c1ccc(Cl)c(NC2CCCOCC2)c1. The molecule has 4 nitrogen and oxygen atoms in total. The van der Waals surface area contributed by atoms with Crippen LogP contribution in [0.4, 0.5) is 5.69 Å². The highest BCUT2D eigenvalue weighted by molar-refractivity contribution is 7.90. The zero-order valence-electron chi connectivity index (χ0n) is 10.9. The van der Waals surface area contributed by atoms with Gasteiger partial charge in [0.05, 0.1) is 15.6 Å². The quantitative estimate of drug-likeness (QED) is 0.933. The van der Waals surface area contributed by atoms with Crippen LogP contribution in [0, 0.1) is 0 Å². The van der Waals surface area contributed by atoms with E-state index in [1.165, 1.54) is 12.3 Å². The number of hydrogen-bond donors (Lipinski definition) is 1. The van der Waals surface area contributed by atoms with Crippen molar-refractivity contribution in [2.45, 2.75) is 30.2 Å². The van der Waals surface area contributed by atoms with Crippen molar-refractivity contribution < 1.29 is 13.2 Å². The maximum absolute atomic E-state index is 11.6. The summed E-state index contributed by atoms with van der Waals surface area (Å²) in [6.45, 7) is 1.51. The Morgan fingerprint density at radius 1 is 1.32 bits per heavy atom. The molecule has 6 heteroatoms. The molecule has 19 heavy (non-hydrogen) atoms. The number of nitrogens with one attached hydrogen (secondary N) is 1. The molecule has 1 fully saturated rings. The van der Waals surface area contributed by atoms with Gasteiger partial charge in [0.2, 0.25) is 0 Å². The lowest BCUT2D eigenvalue weighted by Crippen LogP contribution is -2.20. The van der Waals surface area contributed by atoms with Gasteiger partial charge in [0.25, 0.3) is 0 Å². The normalized spacial score (nSPS) is 20.8. The van der Waals surface area contributed by atoms with Crippen LogP contribution in [0.15, 0.2) is 23.1 Å². The van der Waals surface area contributed by atoms with Gasteiger partial charge in [-0.05, 0) is 37.5 Å². The van der Waals surface area contributed by atoms with Gasteiger partial charge in [-0.2, -0.15) is 0 Å². The number of benzene rings is 1. The van der Waals surface area contributed by atoms with Crippen LogP contribution in [0.3, 0.4) is 0 Å². The number of ether oxygens (including phenoxy) is 1. The zero-order chi connectivity index (χ0) is 13.9. The van der Waals surface area contributed by atoms with Gasteiger partial charge in [0, 0.05) is 25.5 Å². The molecule has 1 saturated heterocycles. The molecule has 0 radical (unpaired) electrons. The highest BCUT2D eigenvalue weighted by Gasteiger charge is 2.15. The molecule has 0 spiro atoms. The van der Waals surface area contributed by atoms with Crippen molar-refractivity contribution in [3.63, 3.8) is 0 Å². The van der Waals surface area contributed by atoms with Gasteiger partial charge in [-0.25, -0.2) is 8.42 Å². The molecule has 106 valence electrons. The summed E-state index contributed by atoms with van der Waals surface area (Å²) in [5.41, 5.74) is 0.677. The predicted octanol–water partition coefficient (Wildman–Crippen LogP) is 2.72. The van der Waals surface area contributed by atoms with Crippen molar-refractivity contribution in [2.24, 2.45) is 0 Å². The topological polar surface area (TPSA) is 55.4 Å². The van der Waals surface area contributed by atoms with Gasteiger partial charge in [0.15, 0.2) is 9.84 Å². The Balaban J connectivity index is 2.19. The Bertz CT molecular complexity index is 537. The Morgan fingerprint density at radius 2 is 2.11 bits per heavy atom. The van der Waals surface area contributed by atoms with E-state index in [1.54, 1.807) is 12.1 Å². The summed E-state index contributed by atoms with van der Waals surface area (Å²) in [7, 11) is -3.21. The Labute approximate surface area is 119 Å².